The Kier molecular flexibility index (Phi) is 8.26. The van der Waals surface area contributed by atoms with E-state index in [1.807, 2.05) is 62.6 Å². The molecule has 2 rings (SSSR count). The van der Waals surface area contributed by atoms with Crippen molar-refractivity contribution in [3.05, 3.63) is 59.7 Å². The van der Waals surface area contributed by atoms with Crippen LogP contribution in [0.1, 0.15) is 15.9 Å². The predicted octanol–water partition coefficient (Wildman–Crippen LogP) is 2.76. The van der Waals surface area contributed by atoms with Crippen LogP contribution in [0.2, 0.25) is 0 Å². The van der Waals surface area contributed by atoms with Gasteiger partial charge in [0.2, 0.25) is 0 Å². The quantitative estimate of drug-likeness (QED) is 0.806. The van der Waals surface area contributed by atoms with Crippen molar-refractivity contribution in [1.29, 1.82) is 0 Å². The van der Waals surface area contributed by atoms with Crippen molar-refractivity contribution < 1.29 is 9.53 Å². The number of rotatable bonds is 7. The number of ether oxygens (including phenoxy) is 1. The fourth-order valence-electron chi connectivity index (χ4n) is 2.19. The monoisotopic (exact) mass is 349 g/mol. The van der Waals surface area contributed by atoms with Gasteiger partial charge < -0.3 is 20.7 Å². The zero-order chi connectivity index (χ0) is 16.7. The molecule has 0 aliphatic heterocycles. The lowest BCUT2D eigenvalue weighted by Crippen LogP contribution is -2.14. The van der Waals surface area contributed by atoms with Crippen molar-refractivity contribution in [1.82, 2.24) is 4.90 Å². The fourth-order valence-corrected chi connectivity index (χ4v) is 2.19. The van der Waals surface area contributed by atoms with Gasteiger partial charge in [0.05, 0.1) is 0 Å². The van der Waals surface area contributed by atoms with Crippen molar-refractivity contribution in [3.63, 3.8) is 0 Å². The maximum absolute atomic E-state index is 12.3. The van der Waals surface area contributed by atoms with Gasteiger partial charge in [0.1, 0.15) is 12.4 Å². The van der Waals surface area contributed by atoms with Crippen LogP contribution in [0.3, 0.4) is 0 Å². The van der Waals surface area contributed by atoms with Gasteiger partial charge in [0.15, 0.2) is 0 Å². The van der Waals surface area contributed by atoms with E-state index in [1.54, 1.807) is 0 Å². The molecule has 130 valence electrons. The molecule has 0 aromatic heterocycles. The van der Waals surface area contributed by atoms with Crippen LogP contribution in [0.5, 0.6) is 5.75 Å². The largest absolute Gasteiger partial charge is 0.492 e. The molecule has 0 fully saturated rings. The second-order valence-electron chi connectivity index (χ2n) is 5.55. The van der Waals surface area contributed by atoms with Crippen LogP contribution in [0.15, 0.2) is 48.5 Å². The van der Waals surface area contributed by atoms with Crippen LogP contribution in [-0.4, -0.2) is 38.1 Å². The molecule has 0 unspecified atom stereocenters. The van der Waals surface area contributed by atoms with E-state index < -0.39 is 0 Å². The Morgan fingerprint density at radius 1 is 1.17 bits per heavy atom. The van der Waals surface area contributed by atoms with Gasteiger partial charge in [-0.1, -0.05) is 12.1 Å². The third kappa shape index (κ3) is 6.20. The number of carbonyl (C=O) groups excluding carboxylic acids is 1. The van der Waals surface area contributed by atoms with E-state index in [0.717, 1.165) is 23.5 Å². The molecule has 0 aliphatic rings. The summed E-state index contributed by atoms with van der Waals surface area (Å²) in [6.45, 7) is 1.75. The molecule has 0 atom stereocenters. The zero-order valence-electron chi connectivity index (χ0n) is 14.0. The number of hydrogen-bond acceptors (Lipinski definition) is 4. The smallest absolute Gasteiger partial charge is 0.255 e. The minimum absolute atomic E-state index is 0. The summed E-state index contributed by atoms with van der Waals surface area (Å²) in [5.41, 5.74) is 7.87. The van der Waals surface area contributed by atoms with Gasteiger partial charge >= 0.3 is 0 Å². The van der Waals surface area contributed by atoms with Crippen molar-refractivity contribution in [2.75, 3.05) is 32.6 Å². The number of anilines is 1. The summed E-state index contributed by atoms with van der Waals surface area (Å²) >= 11 is 0. The van der Waals surface area contributed by atoms with E-state index in [0.29, 0.717) is 18.7 Å². The molecule has 2 aromatic carbocycles. The van der Waals surface area contributed by atoms with E-state index in [1.165, 1.54) is 0 Å². The van der Waals surface area contributed by atoms with Crippen LogP contribution in [0, 0.1) is 0 Å². The number of hydrogen-bond donors (Lipinski definition) is 2. The molecule has 0 bridgehead atoms. The molecule has 1 amide bonds. The molecule has 6 heteroatoms. The first-order chi connectivity index (χ1) is 11.1. The van der Waals surface area contributed by atoms with Crippen molar-refractivity contribution in [3.8, 4) is 5.75 Å². The topological polar surface area (TPSA) is 67.6 Å². The Labute approximate surface area is 149 Å². The highest BCUT2D eigenvalue weighted by molar-refractivity contribution is 6.04. The molecule has 24 heavy (non-hydrogen) atoms. The predicted molar refractivity (Wildman–Crippen MR) is 100 cm³/mol. The van der Waals surface area contributed by atoms with E-state index in [2.05, 4.69) is 10.2 Å². The standard InChI is InChI=1S/C18H23N3O2.ClH/c1-21(2)13-14-4-3-5-15(12-14)18(22)20-16-6-8-17(9-7-16)23-11-10-19;/h3-9,12H,10-11,13,19H2,1-2H3,(H,20,22);1H. The molecule has 0 heterocycles. The maximum Gasteiger partial charge on any atom is 0.255 e. The second kappa shape index (κ2) is 9.93. The molecule has 0 aliphatic carbocycles. The molecular formula is C18H24ClN3O2. The molecule has 5 nitrogen and oxygen atoms in total. The normalized spacial score (nSPS) is 10.2. The van der Waals surface area contributed by atoms with Crippen molar-refractivity contribution in [2.24, 2.45) is 5.73 Å². The molecule has 0 radical (unpaired) electrons. The molecule has 0 saturated heterocycles. The third-order valence-electron chi connectivity index (χ3n) is 3.19. The van der Waals surface area contributed by atoms with Crippen LogP contribution >= 0.6 is 12.4 Å². The number of benzene rings is 2. The van der Waals surface area contributed by atoms with Crippen molar-refractivity contribution in [2.45, 2.75) is 6.54 Å². The molecule has 2 aromatic rings. The average molecular weight is 350 g/mol. The van der Waals surface area contributed by atoms with Gasteiger partial charge in [-0.3, -0.25) is 4.79 Å². The molecule has 0 saturated carbocycles. The highest BCUT2D eigenvalue weighted by atomic mass is 35.5. The van der Waals surface area contributed by atoms with Crippen molar-refractivity contribution >= 4 is 24.0 Å². The number of nitrogens with one attached hydrogen (secondary N) is 1. The summed E-state index contributed by atoms with van der Waals surface area (Å²) in [6, 6.07) is 14.9. The van der Waals surface area contributed by atoms with Gasteiger partial charge in [-0.25, -0.2) is 0 Å². The summed E-state index contributed by atoms with van der Waals surface area (Å²) in [6.07, 6.45) is 0. The number of halogens is 1. The molecule has 3 N–H and O–H groups in total. The lowest BCUT2D eigenvalue weighted by Gasteiger charge is -2.11. The summed E-state index contributed by atoms with van der Waals surface area (Å²) in [5.74, 6) is 0.614. The van der Waals surface area contributed by atoms with Crippen LogP contribution in [0.4, 0.5) is 5.69 Å². The van der Waals surface area contributed by atoms with Crippen LogP contribution < -0.4 is 15.8 Å². The minimum atomic E-state index is -0.124. The second-order valence-corrected chi connectivity index (χ2v) is 5.55. The highest BCUT2D eigenvalue weighted by Crippen LogP contribution is 2.17. The van der Waals surface area contributed by atoms with E-state index >= 15 is 0 Å². The Hall–Kier alpha value is -2.08. The Bertz CT molecular complexity index is 645. The van der Waals surface area contributed by atoms with E-state index in [9.17, 15) is 4.79 Å². The molecule has 0 spiro atoms. The van der Waals surface area contributed by atoms with Crippen LogP contribution in [-0.2, 0) is 6.54 Å². The third-order valence-corrected chi connectivity index (χ3v) is 3.19. The number of nitrogens with zero attached hydrogens (tertiary/aromatic N) is 1. The zero-order valence-corrected chi connectivity index (χ0v) is 14.8. The van der Waals surface area contributed by atoms with E-state index in [4.69, 9.17) is 10.5 Å². The Balaban J connectivity index is 0.00000288. The minimum Gasteiger partial charge on any atom is -0.492 e. The summed E-state index contributed by atoms with van der Waals surface area (Å²) < 4.78 is 5.41. The number of nitrogens with two attached hydrogens (primary N) is 1. The Morgan fingerprint density at radius 3 is 2.50 bits per heavy atom. The van der Waals surface area contributed by atoms with E-state index in [-0.39, 0.29) is 18.3 Å². The first kappa shape index (κ1) is 20.0. The molecular weight excluding hydrogens is 326 g/mol. The SMILES string of the molecule is CN(C)Cc1cccc(C(=O)Nc2ccc(OCCN)cc2)c1.Cl. The van der Waals surface area contributed by atoms with Gasteiger partial charge in [-0.15, -0.1) is 12.4 Å². The first-order valence-corrected chi connectivity index (χ1v) is 7.56. The maximum atomic E-state index is 12.3. The van der Waals surface area contributed by atoms with Gasteiger partial charge in [0, 0.05) is 24.3 Å². The van der Waals surface area contributed by atoms with Gasteiger partial charge in [-0.2, -0.15) is 0 Å². The lowest BCUT2D eigenvalue weighted by atomic mass is 10.1. The Morgan fingerprint density at radius 2 is 1.88 bits per heavy atom. The average Bonchev–Trinajstić information content (AvgIpc) is 2.54. The van der Waals surface area contributed by atoms with Gasteiger partial charge in [-0.05, 0) is 56.1 Å². The number of amides is 1. The summed E-state index contributed by atoms with van der Waals surface area (Å²) in [5, 5.41) is 2.89. The highest BCUT2D eigenvalue weighted by Gasteiger charge is 2.07. The fraction of sp³-hybridized carbons (Fsp3) is 0.278. The summed E-state index contributed by atoms with van der Waals surface area (Å²) in [4.78, 5) is 14.4. The summed E-state index contributed by atoms with van der Waals surface area (Å²) in [7, 11) is 4.00. The van der Waals surface area contributed by atoms with Crippen LogP contribution in [0.25, 0.3) is 0 Å². The first-order valence-electron chi connectivity index (χ1n) is 7.56. The lowest BCUT2D eigenvalue weighted by molar-refractivity contribution is 0.102. The van der Waals surface area contributed by atoms with Gasteiger partial charge in [0.25, 0.3) is 5.91 Å². The number of carbonyl (C=O) groups is 1.